The fourth-order valence-corrected chi connectivity index (χ4v) is 3.10. The molecule has 0 atom stereocenters. The van der Waals surface area contributed by atoms with Crippen LogP contribution in [0.15, 0.2) is 42.5 Å². The predicted molar refractivity (Wildman–Crippen MR) is 101 cm³/mol. The molecular weight excluding hydrogens is 312 g/mol. The molecule has 132 valence electrons. The fraction of sp³-hybridized carbons (Fsp3) is 0.381. The SMILES string of the molecule is Cc1cccc(OCCCCn2c(CCO)nc3ccccc32)c1C. The van der Waals surface area contributed by atoms with Gasteiger partial charge in [0.25, 0.3) is 0 Å². The molecule has 1 heterocycles. The molecule has 0 bridgehead atoms. The highest BCUT2D eigenvalue weighted by atomic mass is 16.5. The van der Waals surface area contributed by atoms with E-state index < -0.39 is 0 Å². The summed E-state index contributed by atoms with van der Waals surface area (Å²) < 4.78 is 8.16. The minimum absolute atomic E-state index is 0.124. The molecular formula is C21H26N2O2. The molecule has 0 saturated carbocycles. The fourth-order valence-electron chi connectivity index (χ4n) is 3.10. The Hall–Kier alpha value is -2.33. The van der Waals surface area contributed by atoms with Crippen molar-refractivity contribution in [2.45, 2.75) is 39.7 Å². The Morgan fingerprint density at radius 3 is 2.72 bits per heavy atom. The third-order valence-electron chi connectivity index (χ3n) is 4.66. The van der Waals surface area contributed by atoms with E-state index in [1.807, 2.05) is 30.3 Å². The summed E-state index contributed by atoms with van der Waals surface area (Å²) in [7, 11) is 0. The van der Waals surface area contributed by atoms with Gasteiger partial charge in [0.15, 0.2) is 0 Å². The maximum absolute atomic E-state index is 9.28. The molecule has 4 nitrogen and oxygen atoms in total. The molecule has 0 unspecified atom stereocenters. The lowest BCUT2D eigenvalue weighted by Gasteiger charge is -2.12. The minimum atomic E-state index is 0.124. The van der Waals surface area contributed by atoms with Crippen molar-refractivity contribution in [3.05, 3.63) is 59.4 Å². The lowest BCUT2D eigenvalue weighted by molar-refractivity contribution is 0.291. The van der Waals surface area contributed by atoms with Gasteiger partial charge in [-0.15, -0.1) is 0 Å². The molecule has 3 aromatic rings. The molecule has 1 N–H and O–H groups in total. The zero-order valence-corrected chi connectivity index (χ0v) is 15.0. The van der Waals surface area contributed by atoms with Crippen LogP contribution in [0.2, 0.25) is 0 Å². The van der Waals surface area contributed by atoms with E-state index in [4.69, 9.17) is 4.74 Å². The Labute approximate surface area is 149 Å². The van der Waals surface area contributed by atoms with Gasteiger partial charge in [0, 0.05) is 13.0 Å². The number of benzene rings is 2. The number of unbranched alkanes of at least 4 members (excludes halogenated alkanes) is 1. The molecule has 0 aliphatic carbocycles. The lowest BCUT2D eigenvalue weighted by atomic mass is 10.1. The molecule has 1 aromatic heterocycles. The number of nitrogens with zero attached hydrogens (tertiary/aromatic N) is 2. The van der Waals surface area contributed by atoms with Crippen LogP contribution >= 0.6 is 0 Å². The number of hydrogen-bond acceptors (Lipinski definition) is 3. The number of aliphatic hydroxyl groups excluding tert-OH is 1. The van der Waals surface area contributed by atoms with E-state index in [1.54, 1.807) is 0 Å². The quantitative estimate of drug-likeness (QED) is 0.630. The predicted octanol–water partition coefficient (Wildman–Crippen LogP) is 4.05. The van der Waals surface area contributed by atoms with Crippen molar-refractivity contribution in [1.82, 2.24) is 9.55 Å². The summed E-state index contributed by atoms with van der Waals surface area (Å²) in [5.74, 6) is 1.94. The topological polar surface area (TPSA) is 47.3 Å². The molecule has 3 rings (SSSR count). The smallest absolute Gasteiger partial charge is 0.122 e. The summed E-state index contributed by atoms with van der Waals surface area (Å²) in [6.45, 7) is 5.94. The molecule has 0 spiro atoms. The van der Waals surface area contributed by atoms with Crippen LogP contribution in [0, 0.1) is 13.8 Å². The number of aryl methyl sites for hydroxylation is 2. The zero-order chi connectivity index (χ0) is 17.6. The van der Waals surface area contributed by atoms with Gasteiger partial charge in [-0.25, -0.2) is 4.98 Å². The van der Waals surface area contributed by atoms with Crippen molar-refractivity contribution in [3.63, 3.8) is 0 Å². The van der Waals surface area contributed by atoms with Gasteiger partial charge in [-0.1, -0.05) is 24.3 Å². The number of imidazole rings is 1. The Morgan fingerprint density at radius 2 is 1.88 bits per heavy atom. The number of aliphatic hydroxyl groups is 1. The first-order chi connectivity index (χ1) is 12.2. The molecule has 0 radical (unpaired) electrons. The van der Waals surface area contributed by atoms with Crippen molar-refractivity contribution in [2.24, 2.45) is 0 Å². The standard InChI is InChI=1S/C21H26N2O2/c1-16-8-7-11-20(17(16)2)25-15-6-5-13-23-19-10-4-3-9-18(19)22-21(23)12-14-24/h3-4,7-11,24H,5-6,12-15H2,1-2H3. The van der Waals surface area contributed by atoms with Crippen LogP contribution in [0.25, 0.3) is 11.0 Å². The molecule has 0 amide bonds. The normalized spacial score (nSPS) is 11.2. The summed E-state index contributed by atoms with van der Waals surface area (Å²) in [6.07, 6.45) is 2.59. The van der Waals surface area contributed by atoms with E-state index in [0.717, 1.165) is 42.0 Å². The van der Waals surface area contributed by atoms with E-state index in [0.29, 0.717) is 13.0 Å². The van der Waals surface area contributed by atoms with Gasteiger partial charge in [0.05, 0.1) is 24.2 Å². The van der Waals surface area contributed by atoms with Crippen molar-refractivity contribution in [2.75, 3.05) is 13.2 Å². The summed E-state index contributed by atoms with van der Waals surface area (Å²) in [4.78, 5) is 4.64. The van der Waals surface area contributed by atoms with Crippen LogP contribution in [-0.2, 0) is 13.0 Å². The number of ether oxygens (including phenoxy) is 1. The second-order valence-corrected chi connectivity index (χ2v) is 6.40. The number of rotatable bonds is 8. The molecule has 0 aliphatic heterocycles. The second-order valence-electron chi connectivity index (χ2n) is 6.40. The number of fused-ring (bicyclic) bond motifs is 1. The Balaban J connectivity index is 1.58. The summed E-state index contributed by atoms with van der Waals surface area (Å²) in [5, 5.41) is 9.28. The van der Waals surface area contributed by atoms with Gasteiger partial charge >= 0.3 is 0 Å². The summed E-state index contributed by atoms with van der Waals surface area (Å²) in [6, 6.07) is 14.3. The van der Waals surface area contributed by atoms with Crippen molar-refractivity contribution in [3.8, 4) is 5.75 Å². The van der Waals surface area contributed by atoms with Crippen LogP contribution in [0.3, 0.4) is 0 Å². The van der Waals surface area contributed by atoms with Gasteiger partial charge < -0.3 is 14.4 Å². The minimum Gasteiger partial charge on any atom is -0.493 e. The van der Waals surface area contributed by atoms with Crippen molar-refractivity contribution >= 4 is 11.0 Å². The first-order valence-corrected chi connectivity index (χ1v) is 8.94. The molecule has 2 aromatic carbocycles. The summed E-state index contributed by atoms with van der Waals surface area (Å²) in [5.41, 5.74) is 4.61. The number of aromatic nitrogens is 2. The maximum Gasteiger partial charge on any atom is 0.122 e. The second kappa shape index (κ2) is 8.17. The summed E-state index contributed by atoms with van der Waals surface area (Å²) >= 11 is 0. The Morgan fingerprint density at radius 1 is 1.04 bits per heavy atom. The van der Waals surface area contributed by atoms with E-state index in [1.165, 1.54) is 11.1 Å². The highest BCUT2D eigenvalue weighted by Gasteiger charge is 2.09. The highest BCUT2D eigenvalue weighted by Crippen LogP contribution is 2.21. The van der Waals surface area contributed by atoms with Crippen LogP contribution in [0.1, 0.15) is 29.8 Å². The maximum atomic E-state index is 9.28. The van der Waals surface area contributed by atoms with Gasteiger partial charge in [-0.05, 0) is 56.0 Å². The van der Waals surface area contributed by atoms with Crippen molar-refractivity contribution < 1.29 is 9.84 Å². The van der Waals surface area contributed by atoms with Gasteiger partial charge in [-0.3, -0.25) is 0 Å². The monoisotopic (exact) mass is 338 g/mol. The van der Waals surface area contributed by atoms with Crippen LogP contribution in [0.4, 0.5) is 0 Å². The van der Waals surface area contributed by atoms with E-state index in [2.05, 4.69) is 35.5 Å². The average Bonchev–Trinajstić information content (AvgIpc) is 2.96. The van der Waals surface area contributed by atoms with Crippen LogP contribution in [-0.4, -0.2) is 27.9 Å². The molecule has 4 heteroatoms. The average molecular weight is 338 g/mol. The highest BCUT2D eigenvalue weighted by molar-refractivity contribution is 5.75. The number of para-hydroxylation sites is 2. The third-order valence-corrected chi connectivity index (χ3v) is 4.66. The largest absolute Gasteiger partial charge is 0.493 e. The first-order valence-electron chi connectivity index (χ1n) is 8.94. The van der Waals surface area contributed by atoms with Gasteiger partial charge in [0.1, 0.15) is 11.6 Å². The number of hydrogen-bond donors (Lipinski definition) is 1. The molecule has 0 saturated heterocycles. The van der Waals surface area contributed by atoms with Crippen LogP contribution < -0.4 is 4.74 Å². The van der Waals surface area contributed by atoms with Crippen LogP contribution in [0.5, 0.6) is 5.75 Å². The Kier molecular flexibility index (Phi) is 5.71. The van der Waals surface area contributed by atoms with E-state index >= 15 is 0 Å². The van der Waals surface area contributed by atoms with Crippen molar-refractivity contribution in [1.29, 1.82) is 0 Å². The molecule has 25 heavy (non-hydrogen) atoms. The Bertz CT molecular complexity index is 839. The third kappa shape index (κ3) is 4.02. The van der Waals surface area contributed by atoms with E-state index in [-0.39, 0.29) is 6.61 Å². The zero-order valence-electron chi connectivity index (χ0n) is 15.0. The molecule has 0 fully saturated rings. The van der Waals surface area contributed by atoms with Gasteiger partial charge in [-0.2, -0.15) is 0 Å². The van der Waals surface area contributed by atoms with E-state index in [9.17, 15) is 5.11 Å². The lowest BCUT2D eigenvalue weighted by Crippen LogP contribution is -2.07. The molecule has 0 aliphatic rings. The first kappa shape index (κ1) is 17.5. The van der Waals surface area contributed by atoms with Gasteiger partial charge in [0.2, 0.25) is 0 Å².